The van der Waals surface area contributed by atoms with Crippen molar-refractivity contribution in [2.45, 2.75) is 6.61 Å². The maximum Gasteiger partial charge on any atom is 0.259 e. The van der Waals surface area contributed by atoms with Crippen molar-refractivity contribution in [2.24, 2.45) is 0 Å². The van der Waals surface area contributed by atoms with Crippen molar-refractivity contribution in [1.82, 2.24) is 0 Å². The Balaban J connectivity index is 1.86. The lowest BCUT2D eigenvalue weighted by Crippen LogP contribution is -2.13. The van der Waals surface area contributed by atoms with Crippen LogP contribution in [-0.2, 0) is 6.61 Å². The van der Waals surface area contributed by atoms with E-state index in [2.05, 4.69) is 5.32 Å². The molecule has 3 aromatic rings. The first kappa shape index (κ1) is 19.6. The molecule has 140 valence electrons. The maximum absolute atomic E-state index is 12.6. The number of nitrogens with one attached hydrogen (secondary N) is 1. The number of carbonyl (C=O) groups is 1. The molecule has 0 atom stereocenters. The second kappa shape index (κ2) is 8.23. The lowest BCUT2D eigenvalue weighted by molar-refractivity contribution is 0.102. The first-order valence-electron chi connectivity index (χ1n) is 7.76. The van der Waals surface area contributed by atoms with Crippen molar-refractivity contribution in [3.05, 3.63) is 68.9 Å². The molecule has 0 aliphatic heterocycles. The van der Waals surface area contributed by atoms with Crippen molar-refractivity contribution in [3.8, 4) is 17.1 Å². The van der Waals surface area contributed by atoms with Crippen LogP contribution in [0.4, 0.5) is 5.69 Å². The van der Waals surface area contributed by atoms with E-state index in [1.807, 2.05) is 0 Å². The van der Waals surface area contributed by atoms with Crippen molar-refractivity contribution in [1.29, 1.82) is 0 Å². The SMILES string of the molecule is COc1c(Cl)cc(Cl)cc1C(=O)Nc1ccc(-c2ccc(CO)o2)c(Cl)c1. The lowest BCUT2D eigenvalue weighted by atomic mass is 10.1. The van der Waals surface area contributed by atoms with Gasteiger partial charge in [-0.05, 0) is 42.5 Å². The highest BCUT2D eigenvalue weighted by Crippen LogP contribution is 2.34. The van der Waals surface area contributed by atoms with Gasteiger partial charge in [-0.1, -0.05) is 34.8 Å². The van der Waals surface area contributed by atoms with Crippen LogP contribution in [0.1, 0.15) is 16.1 Å². The standard InChI is InChI=1S/C19H14Cl3NO4/c1-26-18-14(6-10(20)7-16(18)22)19(25)23-11-2-4-13(15(21)8-11)17-5-3-12(9-24)27-17/h2-8,24H,9H2,1H3,(H,23,25). The predicted octanol–water partition coefficient (Wildman–Crippen LogP) is 5.66. The van der Waals surface area contributed by atoms with Crippen LogP contribution in [0.2, 0.25) is 15.1 Å². The fraction of sp³-hybridized carbons (Fsp3) is 0.105. The van der Waals surface area contributed by atoms with Gasteiger partial charge in [0, 0.05) is 16.3 Å². The molecule has 2 aromatic carbocycles. The number of amides is 1. The molecular formula is C19H14Cl3NO4. The number of rotatable bonds is 5. The molecule has 0 aliphatic rings. The Bertz CT molecular complexity index is 1000. The number of hydrogen-bond donors (Lipinski definition) is 2. The van der Waals surface area contributed by atoms with Gasteiger partial charge >= 0.3 is 0 Å². The van der Waals surface area contributed by atoms with E-state index in [9.17, 15) is 4.79 Å². The van der Waals surface area contributed by atoms with Crippen LogP contribution in [-0.4, -0.2) is 18.1 Å². The van der Waals surface area contributed by atoms with Gasteiger partial charge in [0.15, 0.2) is 0 Å². The summed E-state index contributed by atoms with van der Waals surface area (Å²) in [5.41, 5.74) is 1.31. The van der Waals surface area contributed by atoms with Gasteiger partial charge in [-0.25, -0.2) is 0 Å². The van der Waals surface area contributed by atoms with Gasteiger partial charge in [-0.15, -0.1) is 0 Å². The minimum atomic E-state index is -0.444. The highest BCUT2D eigenvalue weighted by molar-refractivity contribution is 6.36. The Morgan fingerprint density at radius 3 is 2.52 bits per heavy atom. The molecule has 0 unspecified atom stereocenters. The summed E-state index contributed by atoms with van der Waals surface area (Å²) in [5.74, 6) is 0.739. The zero-order valence-electron chi connectivity index (χ0n) is 14.1. The van der Waals surface area contributed by atoms with E-state index in [1.54, 1.807) is 30.3 Å². The largest absolute Gasteiger partial charge is 0.494 e. The molecule has 1 aromatic heterocycles. The van der Waals surface area contributed by atoms with E-state index in [-0.39, 0.29) is 22.9 Å². The predicted molar refractivity (Wildman–Crippen MR) is 106 cm³/mol. The normalized spacial score (nSPS) is 10.7. The highest BCUT2D eigenvalue weighted by atomic mass is 35.5. The van der Waals surface area contributed by atoms with Gasteiger partial charge in [-0.2, -0.15) is 0 Å². The second-order valence-electron chi connectivity index (χ2n) is 5.54. The van der Waals surface area contributed by atoms with Gasteiger partial charge in [-0.3, -0.25) is 4.79 Å². The summed E-state index contributed by atoms with van der Waals surface area (Å²) in [6.07, 6.45) is 0. The van der Waals surface area contributed by atoms with Crippen molar-refractivity contribution < 1.29 is 19.1 Å². The molecule has 2 N–H and O–H groups in total. The summed E-state index contributed by atoms with van der Waals surface area (Å²) in [4.78, 5) is 12.6. The van der Waals surface area contributed by atoms with Gasteiger partial charge in [0.1, 0.15) is 23.9 Å². The lowest BCUT2D eigenvalue weighted by Gasteiger charge is -2.12. The van der Waals surface area contributed by atoms with Crippen molar-refractivity contribution in [3.63, 3.8) is 0 Å². The molecule has 27 heavy (non-hydrogen) atoms. The zero-order chi connectivity index (χ0) is 19.6. The number of furan rings is 1. The molecule has 3 rings (SSSR count). The van der Waals surface area contributed by atoms with Crippen LogP contribution in [0.3, 0.4) is 0 Å². The maximum atomic E-state index is 12.6. The third kappa shape index (κ3) is 4.22. The first-order chi connectivity index (χ1) is 12.9. The smallest absolute Gasteiger partial charge is 0.259 e. The first-order valence-corrected chi connectivity index (χ1v) is 8.90. The van der Waals surface area contributed by atoms with Crippen LogP contribution in [0, 0.1) is 0 Å². The van der Waals surface area contributed by atoms with Crippen molar-refractivity contribution >= 4 is 46.4 Å². The fourth-order valence-corrected chi connectivity index (χ4v) is 3.38. The molecule has 0 bridgehead atoms. The van der Waals surface area contributed by atoms with Gasteiger partial charge < -0.3 is 19.6 Å². The Morgan fingerprint density at radius 2 is 1.89 bits per heavy atom. The van der Waals surface area contributed by atoms with E-state index in [4.69, 9.17) is 49.1 Å². The van der Waals surface area contributed by atoms with Crippen LogP contribution >= 0.6 is 34.8 Å². The van der Waals surface area contributed by atoms with Crippen LogP contribution in [0.25, 0.3) is 11.3 Å². The van der Waals surface area contributed by atoms with E-state index in [1.165, 1.54) is 19.2 Å². The third-order valence-electron chi connectivity index (χ3n) is 3.77. The topological polar surface area (TPSA) is 71.7 Å². The zero-order valence-corrected chi connectivity index (χ0v) is 16.3. The van der Waals surface area contributed by atoms with E-state index < -0.39 is 5.91 Å². The summed E-state index contributed by atoms with van der Waals surface area (Å²) < 4.78 is 10.7. The van der Waals surface area contributed by atoms with Crippen molar-refractivity contribution in [2.75, 3.05) is 12.4 Å². The number of ether oxygens (including phenoxy) is 1. The average molecular weight is 427 g/mol. The number of methoxy groups -OCH3 is 1. The van der Waals surface area contributed by atoms with Crippen LogP contribution < -0.4 is 10.1 Å². The molecule has 0 aliphatic carbocycles. The second-order valence-corrected chi connectivity index (χ2v) is 6.79. The number of aliphatic hydroxyl groups excluding tert-OH is 1. The summed E-state index contributed by atoms with van der Waals surface area (Å²) >= 11 is 18.4. The Kier molecular flexibility index (Phi) is 5.97. The monoisotopic (exact) mass is 425 g/mol. The number of anilines is 1. The summed E-state index contributed by atoms with van der Waals surface area (Å²) in [6, 6.07) is 11.3. The van der Waals surface area contributed by atoms with Crippen LogP contribution in [0.15, 0.2) is 46.9 Å². The van der Waals surface area contributed by atoms with E-state index >= 15 is 0 Å². The Labute approximate surface area is 170 Å². The summed E-state index contributed by atoms with van der Waals surface area (Å²) in [5, 5.41) is 12.8. The summed E-state index contributed by atoms with van der Waals surface area (Å²) in [6.45, 7) is -0.199. The number of hydrogen-bond acceptors (Lipinski definition) is 4. The molecule has 0 radical (unpaired) electrons. The Hall–Kier alpha value is -2.18. The quantitative estimate of drug-likeness (QED) is 0.552. The van der Waals surface area contributed by atoms with E-state index in [0.717, 1.165) is 0 Å². The Morgan fingerprint density at radius 1 is 1.11 bits per heavy atom. The molecule has 1 heterocycles. The van der Waals surface area contributed by atoms with Gasteiger partial charge in [0.25, 0.3) is 5.91 Å². The molecule has 0 saturated carbocycles. The number of benzene rings is 2. The molecule has 5 nitrogen and oxygen atoms in total. The number of halogens is 3. The molecule has 0 saturated heterocycles. The minimum Gasteiger partial charge on any atom is -0.494 e. The van der Waals surface area contributed by atoms with Gasteiger partial charge in [0.2, 0.25) is 0 Å². The van der Waals surface area contributed by atoms with Crippen LogP contribution in [0.5, 0.6) is 5.75 Å². The fourth-order valence-electron chi connectivity index (χ4n) is 2.54. The molecule has 1 amide bonds. The van der Waals surface area contributed by atoms with E-state index in [0.29, 0.717) is 32.8 Å². The molecule has 8 heteroatoms. The number of aliphatic hydroxyl groups is 1. The summed E-state index contributed by atoms with van der Waals surface area (Å²) in [7, 11) is 1.42. The molecule has 0 spiro atoms. The highest BCUT2D eigenvalue weighted by Gasteiger charge is 2.18. The minimum absolute atomic E-state index is 0.199. The average Bonchev–Trinajstić information content (AvgIpc) is 3.10. The molecular weight excluding hydrogens is 413 g/mol. The third-order valence-corrected chi connectivity index (χ3v) is 4.58. The molecule has 0 fully saturated rings. The number of carbonyl (C=O) groups excluding carboxylic acids is 1. The van der Waals surface area contributed by atoms with Gasteiger partial charge in [0.05, 0.1) is 22.7 Å².